The van der Waals surface area contributed by atoms with Crippen molar-refractivity contribution in [2.24, 2.45) is 5.92 Å². The van der Waals surface area contributed by atoms with E-state index >= 15 is 0 Å². The predicted octanol–water partition coefficient (Wildman–Crippen LogP) is 3.43. The monoisotopic (exact) mass is 773 g/mol. The highest BCUT2D eigenvalue weighted by Crippen LogP contribution is 2.46. The number of nitrogens with one attached hydrogen (secondary N) is 3. The van der Waals surface area contributed by atoms with Crippen LogP contribution >= 0.6 is 0 Å². The largest absolute Gasteiger partial charge is 0.470 e. The lowest BCUT2D eigenvalue weighted by atomic mass is 10.0. The van der Waals surface area contributed by atoms with Crippen LogP contribution in [0.2, 0.25) is 0 Å². The highest BCUT2D eigenvalue weighted by Gasteiger charge is 2.62. The Kier molecular flexibility index (Phi) is 9.51. The molecule has 0 spiro atoms. The first-order chi connectivity index (χ1) is 26.4. The molecule has 0 radical (unpaired) electrons. The summed E-state index contributed by atoms with van der Waals surface area (Å²) < 4.78 is 54.7. The molecule has 17 heteroatoms. The average molecular weight is 774 g/mol. The second kappa shape index (κ2) is 14.3. The van der Waals surface area contributed by atoms with Crippen molar-refractivity contribution >= 4 is 55.9 Å². The highest BCUT2D eigenvalue weighted by atomic mass is 32.2. The molecule has 1 saturated heterocycles. The van der Waals surface area contributed by atoms with Crippen LogP contribution in [0, 0.1) is 11.7 Å². The van der Waals surface area contributed by atoms with Crippen LogP contribution in [0.4, 0.5) is 4.39 Å². The first-order valence-electron chi connectivity index (χ1n) is 18.5. The van der Waals surface area contributed by atoms with Crippen molar-refractivity contribution < 1.29 is 41.1 Å². The Morgan fingerprint density at radius 3 is 2.71 bits per heavy atom. The summed E-state index contributed by atoms with van der Waals surface area (Å²) in [5, 5.41) is 5.51. The zero-order valence-electron chi connectivity index (χ0n) is 30.0. The Bertz CT molecular complexity index is 2350. The summed E-state index contributed by atoms with van der Waals surface area (Å²) >= 11 is 0. The van der Waals surface area contributed by atoms with Crippen molar-refractivity contribution in [3.63, 3.8) is 0 Å². The fraction of sp³-hybridized carbons (Fsp3) is 0.447. The summed E-state index contributed by atoms with van der Waals surface area (Å²) in [6.07, 6.45) is 8.70. The van der Waals surface area contributed by atoms with E-state index in [4.69, 9.17) is 9.15 Å². The van der Waals surface area contributed by atoms with Gasteiger partial charge in [-0.05, 0) is 62.8 Å². The Hall–Kier alpha value is -5.45. The number of hydrogen-bond donors (Lipinski definition) is 3. The van der Waals surface area contributed by atoms with Crippen molar-refractivity contribution in [2.75, 3.05) is 6.54 Å². The number of fused-ring (bicyclic) bond motifs is 5. The molecule has 5 atom stereocenters. The molecule has 3 aromatic heterocycles. The van der Waals surface area contributed by atoms with Gasteiger partial charge in [0.15, 0.2) is 5.82 Å². The molecule has 4 aliphatic rings. The fourth-order valence-corrected chi connectivity index (χ4v) is 8.90. The molecular weight excluding hydrogens is 734 g/mol. The second-order valence-electron chi connectivity index (χ2n) is 14.7. The summed E-state index contributed by atoms with van der Waals surface area (Å²) in [4.78, 5) is 69.6. The Labute approximate surface area is 315 Å². The number of ether oxygens (including phenoxy) is 1. The van der Waals surface area contributed by atoms with E-state index in [9.17, 15) is 32.0 Å². The molecule has 0 unspecified atom stereocenters. The summed E-state index contributed by atoms with van der Waals surface area (Å²) in [7, 11) is -3.92. The maximum atomic E-state index is 14.4. The molecule has 4 aromatic rings. The van der Waals surface area contributed by atoms with Crippen LogP contribution in [0.25, 0.3) is 33.6 Å². The van der Waals surface area contributed by atoms with E-state index in [1.807, 2.05) is 12.2 Å². The van der Waals surface area contributed by atoms with Gasteiger partial charge in [-0.25, -0.2) is 22.8 Å². The van der Waals surface area contributed by atoms with Gasteiger partial charge < -0.3 is 24.7 Å². The van der Waals surface area contributed by atoms with Crippen LogP contribution in [0.15, 0.2) is 59.2 Å². The topological polar surface area (TPSA) is 203 Å². The summed E-state index contributed by atoms with van der Waals surface area (Å²) in [5.41, 5.74) is -0.385. The average Bonchev–Trinajstić information content (AvgIpc) is 4.05. The summed E-state index contributed by atoms with van der Waals surface area (Å²) in [6.45, 7) is 1.21. The van der Waals surface area contributed by atoms with Gasteiger partial charge in [0.2, 0.25) is 39.0 Å². The summed E-state index contributed by atoms with van der Waals surface area (Å²) in [5.74, 6) is -3.24. The number of carbonyl (C=O) groups excluding carboxylic acids is 4. The normalized spacial score (nSPS) is 26.0. The van der Waals surface area contributed by atoms with Gasteiger partial charge in [-0.3, -0.25) is 23.9 Å². The van der Waals surface area contributed by atoms with Crippen LogP contribution in [0.3, 0.4) is 0 Å². The molecule has 2 aliphatic heterocycles. The Morgan fingerprint density at radius 2 is 1.93 bits per heavy atom. The van der Waals surface area contributed by atoms with Crippen LogP contribution in [-0.2, 0) is 29.2 Å². The molecule has 5 heterocycles. The molecule has 15 nitrogen and oxygen atoms in total. The van der Waals surface area contributed by atoms with Gasteiger partial charge in [0, 0.05) is 31.0 Å². The number of amides is 4. The number of halogens is 1. The van der Waals surface area contributed by atoms with Crippen LogP contribution < -0.4 is 20.1 Å². The lowest BCUT2D eigenvalue weighted by molar-refractivity contribution is -0.142. The molecule has 8 rings (SSSR count). The zero-order chi connectivity index (χ0) is 38.5. The Morgan fingerprint density at radius 1 is 1.09 bits per heavy atom. The number of pyridine rings is 1. The molecule has 2 saturated carbocycles. The van der Waals surface area contributed by atoms with Crippen molar-refractivity contribution in [1.29, 1.82) is 0 Å². The van der Waals surface area contributed by atoms with Crippen molar-refractivity contribution in [3.8, 4) is 17.3 Å². The van der Waals surface area contributed by atoms with E-state index in [1.165, 1.54) is 30.0 Å². The zero-order valence-corrected chi connectivity index (χ0v) is 30.8. The van der Waals surface area contributed by atoms with E-state index in [2.05, 4.69) is 30.3 Å². The third kappa shape index (κ3) is 7.36. The molecule has 3 N–H and O–H groups in total. The smallest absolute Gasteiger partial charge is 0.262 e. The third-order valence-corrected chi connectivity index (χ3v) is 12.5. The quantitative estimate of drug-likeness (QED) is 0.232. The number of sulfonamides is 1. The first kappa shape index (κ1) is 36.5. The van der Waals surface area contributed by atoms with E-state index in [0.29, 0.717) is 48.6 Å². The van der Waals surface area contributed by atoms with Gasteiger partial charge in [0.1, 0.15) is 35.1 Å². The number of nitrogens with zero attached hydrogens (tertiary/aromatic N) is 4. The van der Waals surface area contributed by atoms with Crippen LogP contribution in [0.1, 0.15) is 64.7 Å². The maximum Gasteiger partial charge on any atom is 0.262 e. The molecular formula is C38H40FN7O8S. The molecule has 288 valence electrons. The second-order valence-corrected chi connectivity index (χ2v) is 16.7. The first-order valence-corrected chi connectivity index (χ1v) is 20.1. The summed E-state index contributed by atoms with van der Waals surface area (Å²) in [6, 6.07) is 7.13. The number of furan rings is 1. The van der Waals surface area contributed by atoms with Crippen LogP contribution in [-0.4, -0.2) is 87.4 Å². The minimum absolute atomic E-state index is 0.0187. The van der Waals surface area contributed by atoms with Crippen molar-refractivity contribution in [3.05, 3.63) is 60.6 Å². The highest BCUT2D eigenvalue weighted by molar-refractivity contribution is 7.91. The van der Waals surface area contributed by atoms with Gasteiger partial charge >= 0.3 is 0 Å². The number of aromatic nitrogens is 3. The number of rotatable bonds is 7. The van der Waals surface area contributed by atoms with Gasteiger partial charge in [-0.1, -0.05) is 37.1 Å². The van der Waals surface area contributed by atoms with Gasteiger partial charge in [0.05, 0.1) is 17.2 Å². The van der Waals surface area contributed by atoms with Crippen LogP contribution in [0.5, 0.6) is 5.88 Å². The van der Waals surface area contributed by atoms with E-state index < -0.39 is 74.4 Å². The van der Waals surface area contributed by atoms with Crippen molar-refractivity contribution in [1.82, 2.24) is 35.2 Å². The van der Waals surface area contributed by atoms with Crippen molar-refractivity contribution in [2.45, 2.75) is 93.7 Å². The fourth-order valence-electron chi connectivity index (χ4n) is 7.54. The predicted molar refractivity (Wildman–Crippen MR) is 196 cm³/mol. The number of carbonyl (C=O) groups is 4. The molecule has 4 amide bonds. The number of hydrogen-bond acceptors (Lipinski definition) is 11. The van der Waals surface area contributed by atoms with E-state index in [0.717, 1.165) is 12.8 Å². The molecule has 2 aliphatic carbocycles. The molecule has 55 heavy (non-hydrogen) atoms. The standard InChI is InChI=1S/C38H40FN7O8S/c1-21(47)41-28-13-6-4-2-3-5-10-23-19-38(23,37(50)45-55(51,52)26-14-15-26)44-33(48)29-18-25(20-46(29)36(28)49)53-35-31-30(27-12-8-16-40-34(27)54-31)42-32(43-35)22-9-7-11-24(39)17-22/h5,7-12,16-17,23,25-26,28-29H,2-4,6,13-15,18-20H2,1H3,(H,41,47)(H,44,48)(H,45,50)/t23-,25-,28+,29+,38-/m1/s1. The van der Waals surface area contributed by atoms with Gasteiger partial charge in [-0.15, -0.1) is 0 Å². The lowest BCUT2D eigenvalue weighted by Crippen LogP contribution is -2.58. The van der Waals surface area contributed by atoms with E-state index in [-0.39, 0.29) is 42.4 Å². The Balaban J connectivity index is 1.15. The van der Waals surface area contributed by atoms with E-state index in [1.54, 1.807) is 24.4 Å². The lowest BCUT2D eigenvalue weighted by Gasteiger charge is -2.29. The SMILES string of the molecule is CC(=O)N[C@H]1CCCCCC=C[C@@H]2C[C@@]2(C(=O)NS(=O)(=O)C2CC2)NC(=O)[C@@H]2C[C@@H](Oc3nc(-c4cccc(F)c4)nc4c3oc3ncccc34)CN2C1=O. The maximum absolute atomic E-state index is 14.4. The minimum Gasteiger partial charge on any atom is -0.470 e. The number of benzene rings is 1. The minimum atomic E-state index is -3.92. The van der Waals surface area contributed by atoms with Gasteiger partial charge in [0.25, 0.3) is 11.8 Å². The molecule has 3 fully saturated rings. The number of allylic oxidation sites excluding steroid dienone is 1. The molecule has 1 aromatic carbocycles. The van der Waals surface area contributed by atoms with Gasteiger partial charge in [-0.2, -0.15) is 4.98 Å². The molecule has 0 bridgehead atoms. The third-order valence-electron chi connectivity index (χ3n) is 10.6.